The largest absolute Gasteiger partial charge is 0.381 e. The minimum atomic E-state index is -0.757. The quantitative estimate of drug-likeness (QED) is 0.778. The van der Waals surface area contributed by atoms with Gasteiger partial charge in [0.2, 0.25) is 0 Å². The highest BCUT2D eigenvalue weighted by molar-refractivity contribution is 7.09. The lowest BCUT2D eigenvalue weighted by Gasteiger charge is -2.10. The Kier molecular flexibility index (Phi) is 2.87. The van der Waals surface area contributed by atoms with Gasteiger partial charge in [-0.15, -0.1) is 16.4 Å². The van der Waals surface area contributed by atoms with Crippen LogP contribution in [0.4, 0.5) is 0 Å². The lowest BCUT2D eigenvalue weighted by Crippen LogP contribution is -2.07. The van der Waals surface area contributed by atoms with Crippen molar-refractivity contribution < 1.29 is 5.11 Å². The van der Waals surface area contributed by atoms with Crippen LogP contribution in [0.15, 0.2) is 48.2 Å². The summed E-state index contributed by atoms with van der Waals surface area (Å²) in [7, 11) is 0. The third-order valence-electron chi connectivity index (χ3n) is 2.58. The molecule has 2 heterocycles. The van der Waals surface area contributed by atoms with Crippen LogP contribution in [0.25, 0.3) is 5.69 Å². The molecule has 3 aromatic rings. The van der Waals surface area contributed by atoms with Crippen LogP contribution in [-0.2, 0) is 0 Å². The summed E-state index contributed by atoms with van der Waals surface area (Å²) in [5.41, 5.74) is 3.19. The third kappa shape index (κ3) is 1.92. The van der Waals surface area contributed by atoms with E-state index in [4.69, 9.17) is 0 Å². The number of aliphatic hydroxyl groups is 1. The summed E-state index contributed by atoms with van der Waals surface area (Å²) in [4.78, 5) is 4.74. The molecule has 0 radical (unpaired) electrons. The topological polar surface area (TPSA) is 63.8 Å². The van der Waals surface area contributed by atoms with Crippen molar-refractivity contribution in [3.63, 3.8) is 0 Å². The molecule has 0 fully saturated rings. The maximum Gasteiger partial charge on any atom is 0.133 e. The fraction of sp³-hybridized carbons (Fsp3) is 0.0833. The van der Waals surface area contributed by atoms with E-state index in [9.17, 15) is 5.11 Å². The number of aromatic nitrogens is 4. The van der Waals surface area contributed by atoms with Crippen molar-refractivity contribution in [2.45, 2.75) is 6.10 Å². The first kappa shape index (κ1) is 11.1. The number of aliphatic hydroxyl groups excluding tert-OH is 1. The van der Waals surface area contributed by atoms with Crippen molar-refractivity contribution in [1.82, 2.24) is 20.0 Å². The van der Waals surface area contributed by atoms with Crippen LogP contribution in [-0.4, -0.2) is 25.1 Å². The van der Waals surface area contributed by atoms with E-state index in [2.05, 4.69) is 15.3 Å². The first-order valence-corrected chi connectivity index (χ1v) is 6.26. The van der Waals surface area contributed by atoms with Crippen molar-refractivity contribution in [3.8, 4) is 5.69 Å². The molecule has 1 unspecified atom stereocenters. The van der Waals surface area contributed by atoms with Crippen LogP contribution in [0.3, 0.4) is 0 Å². The van der Waals surface area contributed by atoms with Gasteiger partial charge < -0.3 is 5.11 Å². The summed E-state index contributed by atoms with van der Waals surface area (Å²) in [6.07, 6.45) is 2.46. The Balaban J connectivity index is 2.02. The van der Waals surface area contributed by atoms with Gasteiger partial charge >= 0.3 is 0 Å². The molecule has 0 spiro atoms. The average Bonchev–Trinajstić information content (AvgIpc) is 3.10. The van der Waals surface area contributed by atoms with Gasteiger partial charge in [-0.2, -0.15) is 0 Å². The highest BCUT2D eigenvalue weighted by Crippen LogP contribution is 2.25. The normalized spacial score (nSPS) is 12.5. The molecule has 0 amide bonds. The van der Waals surface area contributed by atoms with Crippen molar-refractivity contribution in [1.29, 1.82) is 0 Å². The van der Waals surface area contributed by atoms with E-state index in [0.717, 1.165) is 10.6 Å². The molecule has 0 aliphatic heterocycles. The molecule has 5 nitrogen and oxygen atoms in total. The van der Waals surface area contributed by atoms with E-state index in [1.165, 1.54) is 11.3 Å². The maximum atomic E-state index is 10.3. The van der Waals surface area contributed by atoms with Crippen LogP contribution in [0, 0.1) is 0 Å². The van der Waals surface area contributed by atoms with E-state index in [1.54, 1.807) is 22.6 Å². The first-order chi connectivity index (χ1) is 8.86. The van der Waals surface area contributed by atoms with Crippen LogP contribution in [0.1, 0.15) is 16.7 Å². The number of nitrogens with zero attached hydrogens (tertiary/aromatic N) is 4. The lowest BCUT2D eigenvalue weighted by molar-refractivity contribution is 0.215. The molecule has 1 N–H and O–H groups in total. The van der Waals surface area contributed by atoms with E-state index in [1.807, 2.05) is 30.3 Å². The van der Waals surface area contributed by atoms with Gasteiger partial charge in [0.15, 0.2) is 0 Å². The molecule has 6 heteroatoms. The van der Waals surface area contributed by atoms with E-state index >= 15 is 0 Å². The zero-order valence-electron chi connectivity index (χ0n) is 9.34. The zero-order valence-corrected chi connectivity index (χ0v) is 10.2. The minimum absolute atomic E-state index is 0.630. The molecular weight excluding hydrogens is 248 g/mol. The van der Waals surface area contributed by atoms with Gasteiger partial charge in [-0.1, -0.05) is 23.4 Å². The molecule has 3 rings (SSSR count). The fourth-order valence-electron chi connectivity index (χ4n) is 1.71. The first-order valence-electron chi connectivity index (χ1n) is 5.39. The van der Waals surface area contributed by atoms with Crippen LogP contribution < -0.4 is 0 Å². The van der Waals surface area contributed by atoms with Crippen molar-refractivity contribution in [2.75, 3.05) is 0 Å². The highest BCUT2D eigenvalue weighted by atomic mass is 32.1. The van der Waals surface area contributed by atoms with E-state index in [0.29, 0.717) is 5.69 Å². The summed E-state index contributed by atoms with van der Waals surface area (Å²) < 4.78 is 1.63. The zero-order chi connectivity index (χ0) is 12.4. The molecule has 0 saturated heterocycles. The Hall–Kier alpha value is -2.05. The van der Waals surface area contributed by atoms with Gasteiger partial charge in [0.05, 0.1) is 28.0 Å². The lowest BCUT2D eigenvalue weighted by atomic mass is 10.2. The predicted molar refractivity (Wildman–Crippen MR) is 67.5 cm³/mol. The smallest absolute Gasteiger partial charge is 0.133 e. The Morgan fingerprint density at radius 3 is 2.72 bits per heavy atom. The van der Waals surface area contributed by atoms with Crippen molar-refractivity contribution in [3.05, 3.63) is 58.8 Å². The monoisotopic (exact) mass is 258 g/mol. The number of hydrogen-bond donors (Lipinski definition) is 1. The standard InChI is InChI=1S/C12H10N4OS/c17-12(11-7-13-8-18-11)10-6-14-15-16(10)9-4-2-1-3-5-9/h1-8,12,17H. The van der Waals surface area contributed by atoms with E-state index in [-0.39, 0.29) is 0 Å². The summed E-state index contributed by atoms with van der Waals surface area (Å²) in [5, 5.41) is 18.2. The SMILES string of the molecule is OC(c1cncs1)c1cnnn1-c1ccccc1. The molecule has 0 aliphatic rings. The Labute approximate surface area is 107 Å². The summed E-state index contributed by atoms with van der Waals surface area (Å²) in [6, 6.07) is 9.59. The van der Waals surface area contributed by atoms with Gasteiger partial charge in [-0.25, -0.2) is 4.68 Å². The molecule has 0 aliphatic carbocycles. The molecule has 1 atom stereocenters. The molecule has 1 aromatic carbocycles. The predicted octanol–water partition coefficient (Wildman–Crippen LogP) is 1.81. The molecule has 0 saturated carbocycles. The number of benzene rings is 1. The molecular formula is C12H10N4OS. The Bertz CT molecular complexity index is 621. The summed E-state index contributed by atoms with van der Waals surface area (Å²) in [6.45, 7) is 0. The second-order valence-electron chi connectivity index (χ2n) is 3.71. The maximum absolute atomic E-state index is 10.3. The Morgan fingerprint density at radius 2 is 2.00 bits per heavy atom. The number of para-hydroxylation sites is 1. The molecule has 18 heavy (non-hydrogen) atoms. The minimum Gasteiger partial charge on any atom is -0.381 e. The summed E-state index contributed by atoms with van der Waals surface area (Å²) in [5.74, 6) is 0. The second kappa shape index (κ2) is 4.67. The third-order valence-corrected chi connectivity index (χ3v) is 3.41. The van der Waals surface area contributed by atoms with E-state index < -0.39 is 6.10 Å². The van der Waals surface area contributed by atoms with Gasteiger partial charge in [0.25, 0.3) is 0 Å². The number of rotatable bonds is 3. The van der Waals surface area contributed by atoms with Crippen molar-refractivity contribution >= 4 is 11.3 Å². The molecule has 90 valence electrons. The average molecular weight is 258 g/mol. The van der Waals surface area contributed by atoms with Crippen LogP contribution in [0.5, 0.6) is 0 Å². The van der Waals surface area contributed by atoms with Gasteiger partial charge in [-0.3, -0.25) is 4.98 Å². The fourth-order valence-corrected chi connectivity index (χ4v) is 2.32. The van der Waals surface area contributed by atoms with Crippen molar-refractivity contribution in [2.24, 2.45) is 0 Å². The van der Waals surface area contributed by atoms with Crippen LogP contribution in [0.2, 0.25) is 0 Å². The van der Waals surface area contributed by atoms with Gasteiger partial charge in [-0.05, 0) is 12.1 Å². The molecule has 2 aromatic heterocycles. The number of thiazole rings is 1. The summed E-state index contributed by atoms with van der Waals surface area (Å²) >= 11 is 1.40. The Morgan fingerprint density at radius 1 is 1.17 bits per heavy atom. The molecule has 0 bridgehead atoms. The van der Waals surface area contributed by atoms with Gasteiger partial charge in [0, 0.05) is 6.20 Å². The van der Waals surface area contributed by atoms with Crippen LogP contribution >= 0.6 is 11.3 Å². The number of hydrogen-bond acceptors (Lipinski definition) is 5. The highest BCUT2D eigenvalue weighted by Gasteiger charge is 2.18. The second-order valence-corrected chi connectivity index (χ2v) is 4.63. The van der Waals surface area contributed by atoms with Gasteiger partial charge in [0.1, 0.15) is 6.10 Å².